The number of ether oxygens (including phenoxy) is 1. The van der Waals surface area contributed by atoms with E-state index in [0.29, 0.717) is 25.3 Å². The van der Waals surface area contributed by atoms with Gasteiger partial charge < -0.3 is 20.5 Å². The van der Waals surface area contributed by atoms with Crippen LogP contribution >= 0.6 is 0 Å². The number of nitrogens with one attached hydrogen (secondary N) is 2. The number of hydrogen-bond donors (Lipinski definition) is 3. The fourth-order valence-electron chi connectivity index (χ4n) is 2.32. The average Bonchev–Trinajstić information content (AvgIpc) is 2.83. The predicted molar refractivity (Wildman–Crippen MR) is 77.0 cm³/mol. The van der Waals surface area contributed by atoms with Gasteiger partial charge in [0, 0.05) is 13.2 Å². The molecule has 21 heavy (non-hydrogen) atoms. The van der Waals surface area contributed by atoms with Crippen molar-refractivity contribution in [1.29, 1.82) is 0 Å². The van der Waals surface area contributed by atoms with Gasteiger partial charge in [-0.1, -0.05) is 24.3 Å². The van der Waals surface area contributed by atoms with Gasteiger partial charge in [0.15, 0.2) is 0 Å². The van der Waals surface area contributed by atoms with Gasteiger partial charge in [-0.15, -0.1) is 0 Å². The summed E-state index contributed by atoms with van der Waals surface area (Å²) in [6.07, 6.45) is 0.737. The van der Waals surface area contributed by atoms with Crippen LogP contribution in [-0.4, -0.2) is 35.9 Å². The predicted octanol–water partition coefficient (Wildman–Crippen LogP) is 1.29. The van der Waals surface area contributed by atoms with Crippen LogP contribution in [-0.2, 0) is 22.5 Å². The number of carbonyl (C=O) groups excluding carboxylic acids is 1. The molecule has 114 valence electrons. The van der Waals surface area contributed by atoms with E-state index in [4.69, 9.17) is 9.84 Å². The maximum Gasteiger partial charge on any atom is 0.315 e. The molecule has 6 nitrogen and oxygen atoms in total. The number of carbonyl (C=O) groups is 2. The second-order valence-electron chi connectivity index (χ2n) is 5.51. The van der Waals surface area contributed by atoms with Gasteiger partial charge in [-0.2, -0.15) is 0 Å². The van der Waals surface area contributed by atoms with Crippen LogP contribution in [0.25, 0.3) is 0 Å². The molecule has 0 saturated carbocycles. The lowest BCUT2D eigenvalue weighted by atomic mass is 10.0. The third kappa shape index (κ3) is 4.46. The molecule has 0 spiro atoms. The summed E-state index contributed by atoms with van der Waals surface area (Å²) in [6.45, 7) is 3.40. The molecule has 1 atom stereocenters. The molecule has 1 fully saturated rings. The summed E-state index contributed by atoms with van der Waals surface area (Å²) in [4.78, 5) is 22.7. The van der Waals surface area contributed by atoms with Crippen LogP contribution in [0.15, 0.2) is 24.3 Å². The second-order valence-corrected chi connectivity index (χ2v) is 5.51. The third-order valence-electron chi connectivity index (χ3n) is 3.53. The Labute approximate surface area is 123 Å². The van der Waals surface area contributed by atoms with Crippen LogP contribution in [0, 0.1) is 0 Å². The fraction of sp³-hybridized carbons (Fsp3) is 0.467. The maximum absolute atomic E-state index is 11.9. The molecule has 1 aromatic carbocycles. The molecule has 1 saturated heterocycles. The first-order valence-corrected chi connectivity index (χ1v) is 6.91. The molecule has 1 unspecified atom stereocenters. The number of carboxylic acid groups (broad SMARTS) is 1. The molecule has 3 N–H and O–H groups in total. The SMILES string of the molecule is CC1(NC(=O)NCc2ccccc2CC(=O)O)CCOC1. The zero-order chi connectivity index (χ0) is 15.3. The minimum Gasteiger partial charge on any atom is -0.481 e. The topological polar surface area (TPSA) is 87.7 Å². The summed E-state index contributed by atoms with van der Waals surface area (Å²) < 4.78 is 5.28. The molecule has 0 aromatic heterocycles. The van der Waals surface area contributed by atoms with Gasteiger partial charge in [-0.05, 0) is 24.5 Å². The smallest absolute Gasteiger partial charge is 0.315 e. The Bertz CT molecular complexity index is 524. The summed E-state index contributed by atoms with van der Waals surface area (Å²) >= 11 is 0. The standard InChI is InChI=1S/C15H20N2O4/c1-15(6-7-21-10-15)17-14(20)16-9-12-5-3-2-4-11(12)8-13(18)19/h2-5H,6-10H2,1H3,(H,18,19)(H2,16,17,20). The van der Waals surface area contributed by atoms with Crippen LogP contribution in [0.4, 0.5) is 4.79 Å². The van der Waals surface area contributed by atoms with Crippen LogP contribution in [0.2, 0.25) is 0 Å². The number of carboxylic acids is 1. The average molecular weight is 292 g/mol. The Hall–Kier alpha value is -2.08. The fourth-order valence-corrected chi connectivity index (χ4v) is 2.32. The normalized spacial score (nSPS) is 21.0. The summed E-state index contributed by atoms with van der Waals surface area (Å²) in [6, 6.07) is 6.92. The molecule has 2 amide bonds. The van der Waals surface area contributed by atoms with Crippen molar-refractivity contribution < 1.29 is 19.4 Å². The lowest BCUT2D eigenvalue weighted by Gasteiger charge is -2.23. The van der Waals surface area contributed by atoms with Crippen molar-refractivity contribution in [2.75, 3.05) is 13.2 Å². The molecule has 1 heterocycles. The number of rotatable bonds is 5. The molecule has 1 aliphatic heterocycles. The van der Waals surface area contributed by atoms with Gasteiger partial charge in [0.05, 0.1) is 18.6 Å². The van der Waals surface area contributed by atoms with Gasteiger partial charge in [-0.25, -0.2) is 4.79 Å². The molecule has 0 bridgehead atoms. The van der Waals surface area contributed by atoms with E-state index in [2.05, 4.69) is 10.6 Å². The highest BCUT2D eigenvalue weighted by Gasteiger charge is 2.31. The van der Waals surface area contributed by atoms with Crippen LogP contribution < -0.4 is 10.6 Å². The summed E-state index contributed by atoms with van der Waals surface area (Å²) in [5, 5.41) is 14.5. The highest BCUT2D eigenvalue weighted by molar-refractivity contribution is 5.75. The minimum atomic E-state index is -0.887. The van der Waals surface area contributed by atoms with Crippen LogP contribution in [0.3, 0.4) is 0 Å². The molecular weight excluding hydrogens is 272 g/mol. The first-order valence-electron chi connectivity index (χ1n) is 6.91. The number of hydrogen-bond acceptors (Lipinski definition) is 3. The Kier molecular flexibility index (Phi) is 4.80. The second kappa shape index (κ2) is 6.58. The molecule has 1 aromatic rings. The van der Waals surface area contributed by atoms with Crippen molar-refractivity contribution in [2.45, 2.75) is 31.8 Å². The first-order chi connectivity index (χ1) is 9.98. The van der Waals surface area contributed by atoms with Crippen molar-refractivity contribution >= 4 is 12.0 Å². The summed E-state index contributed by atoms with van der Waals surface area (Å²) in [5.41, 5.74) is 1.19. The van der Waals surface area contributed by atoms with Crippen molar-refractivity contribution in [3.8, 4) is 0 Å². The van der Waals surface area contributed by atoms with Crippen molar-refractivity contribution in [1.82, 2.24) is 10.6 Å². The highest BCUT2D eigenvalue weighted by Crippen LogP contribution is 2.17. The van der Waals surface area contributed by atoms with E-state index in [-0.39, 0.29) is 18.0 Å². The van der Waals surface area contributed by atoms with E-state index in [1.807, 2.05) is 19.1 Å². The lowest BCUT2D eigenvalue weighted by Crippen LogP contribution is -2.50. The Balaban J connectivity index is 1.90. The minimum absolute atomic E-state index is 0.0506. The Morgan fingerprint density at radius 1 is 1.33 bits per heavy atom. The molecule has 1 aliphatic rings. The first kappa shape index (κ1) is 15.3. The number of aliphatic carboxylic acids is 1. The maximum atomic E-state index is 11.9. The van der Waals surface area contributed by atoms with E-state index >= 15 is 0 Å². The largest absolute Gasteiger partial charge is 0.481 e. The Morgan fingerprint density at radius 2 is 2.05 bits per heavy atom. The van der Waals surface area contributed by atoms with Gasteiger partial charge in [0.2, 0.25) is 0 Å². The van der Waals surface area contributed by atoms with E-state index in [1.54, 1.807) is 12.1 Å². The molecule has 2 rings (SSSR count). The lowest BCUT2D eigenvalue weighted by molar-refractivity contribution is -0.136. The van der Waals surface area contributed by atoms with Gasteiger partial charge in [-0.3, -0.25) is 4.79 Å². The molecule has 0 aliphatic carbocycles. The van der Waals surface area contributed by atoms with Crippen molar-refractivity contribution in [3.63, 3.8) is 0 Å². The van der Waals surface area contributed by atoms with Crippen molar-refractivity contribution in [3.05, 3.63) is 35.4 Å². The highest BCUT2D eigenvalue weighted by atomic mass is 16.5. The zero-order valence-electron chi connectivity index (χ0n) is 12.0. The molecule has 0 radical (unpaired) electrons. The van der Waals surface area contributed by atoms with Gasteiger partial charge in [0.1, 0.15) is 0 Å². The summed E-state index contributed by atoms with van der Waals surface area (Å²) in [5.74, 6) is -0.887. The van der Waals surface area contributed by atoms with Gasteiger partial charge in [0.25, 0.3) is 0 Å². The summed E-state index contributed by atoms with van der Waals surface area (Å²) in [7, 11) is 0. The van der Waals surface area contributed by atoms with Crippen molar-refractivity contribution in [2.24, 2.45) is 0 Å². The molecule has 6 heteroatoms. The third-order valence-corrected chi connectivity index (χ3v) is 3.53. The zero-order valence-corrected chi connectivity index (χ0v) is 12.0. The van der Waals surface area contributed by atoms with Crippen LogP contribution in [0.5, 0.6) is 0 Å². The number of urea groups is 1. The van der Waals surface area contributed by atoms with E-state index in [0.717, 1.165) is 12.0 Å². The quantitative estimate of drug-likeness (QED) is 0.763. The van der Waals surface area contributed by atoms with E-state index in [1.165, 1.54) is 0 Å². The Morgan fingerprint density at radius 3 is 2.67 bits per heavy atom. The number of benzene rings is 1. The van der Waals surface area contributed by atoms with E-state index < -0.39 is 5.97 Å². The monoisotopic (exact) mass is 292 g/mol. The molecular formula is C15H20N2O4. The number of amides is 2. The van der Waals surface area contributed by atoms with Gasteiger partial charge >= 0.3 is 12.0 Å². The van der Waals surface area contributed by atoms with Crippen LogP contribution in [0.1, 0.15) is 24.5 Å². The van der Waals surface area contributed by atoms with E-state index in [9.17, 15) is 9.59 Å².